The van der Waals surface area contributed by atoms with Gasteiger partial charge in [0.25, 0.3) is 0 Å². The lowest BCUT2D eigenvalue weighted by molar-refractivity contribution is 0.0442. The summed E-state index contributed by atoms with van der Waals surface area (Å²) in [5.74, 6) is 0. The van der Waals surface area contributed by atoms with Gasteiger partial charge in [-0.05, 0) is 18.4 Å². The van der Waals surface area contributed by atoms with Crippen molar-refractivity contribution in [2.45, 2.75) is 45.6 Å². The van der Waals surface area contributed by atoms with Gasteiger partial charge in [0.05, 0.1) is 6.10 Å². The number of benzene rings is 1. The molecule has 0 bridgehead atoms. The maximum absolute atomic E-state index is 5.91. The Morgan fingerprint density at radius 1 is 1.07 bits per heavy atom. The van der Waals surface area contributed by atoms with Crippen LogP contribution in [0.15, 0.2) is 30.3 Å². The average molecular weight is 206 g/mol. The molecule has 0 radical (unpaired) electrons. The van der Waals surface area contributed by atoms with E-state index >= 15 is 0 Å². The van der Waals surface area contributed by atoms with Crippen molar-refractivity contribution in [1.29, 1.82) is 0 Å². The van der Waals surface area contributed by atoms with Crippen LogP contribution in [0.1, 0.15) is 51.2 Å². The fourth-order valence-electron chi connectivity index (χ4n) is 1.65. The molecule has 0 aromatic heterocycles. The van der Waals surface area contributed by atoms with Crippen LogP contribution in [0.5, 0.6) is 0 Å². The molecule has 0 aliphatic heterocycles. The molecule has 0 amide bonds. The molecule has 0 saturated carbocycles. The van der Waals surface area contributed by atoms with Gasteiger partial charge in [-0.15, -0.1) is 0 Å². The van der Waals surface area contributed by atoms with Crippen LogP contribution < -0.4 is 0 Å². The summed E-state index contributed by atoms with van der Waals surface area (Å²) in [4.78, 5) is 0. The molecule has 0 fully saturated rings. The molecule has 0 heterocycles. The molecule has 0 saturated heterocycles. The highest BCUT2D eigenvalue weighted by molar-refractivity contribution is 5.17. The van der Waals surface area contributed by atoms with E-state index in [1.54, 1.807) is 0 Å². The van der Waals surface area contributed by atoms with Gasteiger partial charge in [0.15, 0.2) is 0 Å². The molecule has 0 spiro atoms. The van der Waals surface area contributed by atoms with E-state index in [9.17, 15) is 0 Å². The van der Waals surface area contributed by atoms with Crippen molar-refractivity contribution in [3.05, 3.63) is 35.9 Å². The van der Waals surface area contributed by atoms with Crippen LogP contribution in [0.3, 0.4) is 0 Å². The van der Waals surface area contributed by atoms with Gasteiger partial charge in [-0.25, -0.2) is 0 Å². The minimum absolute atomic E-state index is 0.294. The standard InChI is InChI=1S/C14H22O/c1-3-5-12-15-14(9-4-2)13-10-7-6-8-11-13/h6-8,10-11,14H,3-5,9,12H2,1-2H3. The summed E-state index contributed by atoms with van der Waals surface area (Å²) in [7, 11) is 0. The van der Waals surface area contributed by atoms with Crippen LogP contribution in [0.25, 0.3) is 0 Å². The Balaban J connectivity index is 2.50. The van der Waals surface area contributed by atoms with E-state index in [4.69, 9.17) is 4.74 Å². The fourth-order valence-corrected chi connectivity index (χ4v) is 1.65. The second-order valence-electron chi connectivity index (χ2n) is 3.91. The van der Waals surface area contributed by atoms with Gasteiger partial charge < -0.3 is 4.74 Å². The topological polar surface area (TPSA) is 9.23 Å². The Kier molecular flexibility index (Phi) is 6.10. The highest BCUT2D eigenvalue weighted by Crippen LogP contribution is 2.22. The van der Waals surface area contributed by atoms with Crippen molar-refractivity contribution in [3.8, 4) is 0 Å². The largest absolute Gasteiger partial charge is 0.374 e. The first-order valence-electron chi connectivity index (χ1n) is 6.05. The smallest absolute Gasteiger partial charge is 0.0824 e. The van der Waals surface area contributed by atoms with E-state index in [1.807, 2.05) is 0 Å². The summed E-state index contributed by atoms with van der Waals surface area (Å²) in [6.07, 6.45) is 4.95. The monoisotopic (exact) mass is 206 g/mol. The highest BCUT2D eigenvalue weighted by Gasteiger charge is 2.09. The lowest BCUT2D eigenvalue weighted by Crippen LogP contribution is -2.05. The van der Waals surface area contributed by atoms with Crippen LogP contribution in [-0.2, 0) is 4.74 Å². The molecule has 1 unspecified atom stereocenters. The highest BCUT2D eigenvalue weighted by atomic mass is 16.5. The molecule has 1 aromatic rings. The zero-order chi connectivity index (χ0) is 10.9. The number of rotatable bonds is 7. The molecule has 15 heavy (non-hydrogen) atoms. The predicted molar refractivity (Wildman–Crippen MR) is 65.0 cm³/mol. The number of hydrogen-bond donors (Lipinski definition) is 0. The molecular weight excluding hydrogens is 184 g/mol. The molecule has 1 atom stereocenters. The molecule has 1 nitrogen and oxygen atoms in total. The zero-order valence-electron chi connectivity index (χ0n) is 9.91. The van der Waals surface area contributed by atoms with Gasteiger partial charge in [0, 0.05) is 6.61 Å². The first-order chi connectivity index (χ1) is 7.38. The fraction of sp³-hybridized carbons (Fsp3) is 0.571. The van der Waals surface area contributed by atoms with Crippen molar-refractivity contribution in [2.24, 2.45) is 0 Å². The minimum atomic E-state index is 0.294. The minimum Gasteiger partial charge on any atom is -0.374 e. The van der Waals surface area contributed by atoms with Crippen molar-refractivity contribution < 1.29 is 4.74 Å². The van der Waals surface area contributed by atoms with Crippen LogP contribution in [0.2, 0.25) is 0 Å². The Labute approximate surface area is 93.5 Å². The molecule has 1 heteroatoms. The third-order valence-corrected chi connectivity index (χ3v) is 2.54. The third kappa shape index (κ3) is 4.48. The Morgan fingerprint density at radius 3 is 2.40 bits per heavy atom. The van der Waals surface area contributed by atoms with E-state index in [1.165, 1.54) is 18.4 Å². The molecular formula is C14H22O. The summed E-state index contributed by atoms with van der Waals surface area (Å²) in [6.45, 7) is 5.29. The predicted octanol–water partition coefficient (Wildman–Crippen LogP) is 4.34. The lowest BCUT2D eigenvalue weighted by Gasteiger charge is -2.17. The van der Waals surface area contributed by atoms with E-state index in [2.05, 4.69) is 44.2 Å². The van der Waals surface area contributed by atoms with Crippen LogP contribution in [0, 0.1) is 0 Å². The Bertz CT molecular complexity index is 243. The Hall–Kier alpha value is -0.820. The van der Waals surface area contributed by atoms with Crippen LogP contribution in [-0.4, -0.2) is 6.61 Å². The quantitative estimate of drug-likeness (QED) is 0.603. The van der Waals surface area contributed by atoms with Crippen molar-refractivity contribution >= 4 is 0 Å². The van der Waals surface area contributed by atoms with E-state index < -0.39 is 0 Å². The first-order valence-corrected chi connectivity index (χ1v) is 6.05. The van der Waals surface area contributed by atoms with Crippen molar-refractivity contribution in [1.82, 2.24) is 0 Å². The van der Waals surface area contributed by atoms with E-state index in [0.29, 0.717) is 6.10 Å². The molecule has 1 aromatic carbocycles. The SMILES string of the molecule is CCCCOC(CCC)c1ccccc1. The van der Waals surface area contributed by atoms with Gasteiger partial charge in [-0.1, -0.05) is 57.0 Å². The van der Waals surface area contributed by atoms with Gasteiger partial charge in [0.2, 0.25) is 0 Å². The number of ether oxygens (including phenoxy) is 1. The maximum Gasteiger partial charge on any atom is 0.0824 e. The summed E-state index contributed by atoms with van der Waals surface area (Å²) < 4.78 is 5.91. The molecule has 0 N–H and O–H groups in total. The van der Waals surface area contributed by atoms with Crippen LogP contribution in [0.4, 0.5) is 0 Å². The first kappa shape index (κ1) is 12.3. The van der Waals surface area contributed by atoms with Crippen molar-refractivity contribution in [3.63, 3.8) is 0 Å². The summed E-state index contributed by atoms with van der Waals surface area (Å²) in [5, 5.41) is 0. The lowest BCUT2D eigenvalue weighted by atomic mass is 10.1. The van der Waals surface area contributed by atoms with E-state index in [-0.39, 0.29) is 0 Å². The van der Waals surface area contributed by atoms with E-state index in [0.717, 1.165) is 19.4 Å². The van der Waals surface area contributed by atoms with Gasteiger partial charge >= 0.3 is 0 Å². The Morgan fingerprint density at radius 2 is 1.80 bits per heavy atom. The molecule has 0 aliphatic rings. The molecule has 84 valence electrons. The molecule has 0 aliphatic carbocycles. The second kappa shape index (κ2) is 7.47. The maximum atomic E-state index is 5.91. The average Bonchev–Trinajstić information content (AvgIpc) is 2.29. The van der Waals surface area contributed by atoms with Gasteiger partial charge in [0.1, 0.15) is 0 Å². The number of hydrogen-bond acceptors (Lipinski definition) is 1. The van der Waals surface area contributed by atoms with Crippen molar-refractivity contribution in [2.75, 3.05) is 6.61 Å². The van der Waals surface area contributed by atoms with Gasteiger partial charge in [-0.3, -0.25) is 0 Å². The third-order valence-electron chi connectivity index (χ3n) is 2.54. The summed E-state index contributed by atoms with van der Waals surface area (Å²) in [5.41, 5.74) is 1.32. The second-order valence-corrected chi connectivity index (χ2v) is 3.91. The number of unbranched alkanes of at least 4 members (excludes halogenated alkanes) is 1. The van der Waals surface area contributed by atoms with Gasteiger partial charge in [-0.2, -0.15) is 0 Å². The summed E-state index contributed by atoms with van der Waals surface area (Å²) >= 11 is 0. The zero-order valence-corrected chi connectivity index (χ0v) is 9.91. The van der Waals surface area contributed by atoms with Crippen LogP contribution >= 0.6 is 0 Å². The summed E-state index contributed by atoms with van der Waals surface area (Å²) in [6, 6.07) is 10.5. The normalized spacial score (nSPS) is 12.7. The molecule has 1 rings (SSSR count).